The zero-order valence-electron chi connectivity index (χ0n) is 9.40. The van der Waals surface area contributed by atoms with Gasteiger partial charge in [0.1, 0.15) is 5.75 Å². The van der Waals surface area contributed by atoms with Gasteiger partial charge in [-0.15, -0.1) is 11.3 Å². The molecule has 0 fully saturated rings. The monoisotopic (exact) mass is 268 g/mol. The molecule has 3 nitrogen and oxygen atoms in total. The van der Waals surface area contributed by atoms with Crippen molar-refractivity contribution in [1.82, 2.24) is 4.98 Å². The summed E-state index contributed by atoms with van der Waals surface area (Å²) in [6, 6.07) is 5.67. The van der Waals surface area contributed by atoms with Crippen LogP contribution < -0.4 is 5.32 Å². The highest BCUT2D eigenvalue weighted by Crippen LogP contribution is 2.26. The fourth-order valence-corrected chi connectivity index (χ4v) is 2.41. The number of benzene rings is 1. The molecule has 0 aliphatic carbocycles. The summed E-state index contributed by atoms with van der Waals surface area (Å²) in [5, 5.41) is 13.0. The normalized spacial score (nSPS) is 10.5. The third kappa shape index (κ3) is 3.11. The highest BCUT2D eigenvalue weighted by molar-refractivity contribution is 7.15. The molecule has 0 aliphatic rings. The summed E-state index contributed by atoms with van der Waals surface area (Å²) in [6.45, 7) is 2.67. The Hall–Kier alpha value is -1.26. The van der Waals surface area contributed by atoms with E-state index in [4.69, 9.17) is 11.6 Å². The van der Waals surface area contributed by atoms with Crippen molar-refractivity contribution < 1.29 is 5.11 Å². The van der Waals surface area contributed by atoms with Gasteiger partial charge in [0, 0.05) is 11.1 Å². The minimum atomic E-state index is 0.278. The third-order valence-electron chi connectivity index (χ3n) is 2.45. The van der Waals surface area contributed by atoms with Crippen LogP contribution in [0.3, 0.4) is 0 Å². The van der Waals surface area contributed by atoms with E-state index >= 15 is 0 Å². The van der Waals surface area contributed by atoms with Crippen molar-refractivity contribution in [2.24, 2.45) is 0 Å². The fourth-order valence-electron chi connectivity index (χ4n) is 1.49. The molecular formula is C12H13ClN2OS. The number of thiazole rings is 1. The Morgan fingerprint density at radius 1 is 1.47 bits per heavy atom. The number of hydrogen-bond donors (Lipinski definition) is 2. The van der Waals surface area contributed by atoms with Gasteiger partial charge >= 0.3 is 0 Å². The number of anilines is 1. The van der Waals surface area contributed by atoms with Crippen molar-refractivity contribution in [3.05, 3.63) is 39.3 Å². The Bertz CT molecular complexity index is 513. The summed E-state index contributed by atoms with van der Waals surface area (Å²) in [4.78, 5) is 5.00. The van der Waals surface area contributed by atoms with Gasteiger partial charge in [0.05, 0.1) is 12.2 Å². The molecule has 0 aliphatic heterocycles. The van der Waals surface area contributed by atoms with Crippen molar-refractivity contribution in [2.45, 2.75) is 19.9 Å². The van der Waals surface area contributed by atoms with E-state index in [9.17, 15) is 5.11 Å². The predicted molar refractivity (Wildman–Crippen MR) is 71.9 cm³/mol. The van der Waals surface area contributed by atoms with E-state index in [0.717, 1.165) is 22.5 Å². The second-order valence-electron chi connectivity index (χ2n) is 3.64. The standard InChI is InChI=1S/C12H13ClN2OS/c1-2-8-3-4-10(11(16)5-8)14-6-9-7-15-12(13)17-9/h3-5,7,14,16H,2,6H2,1H3. The average Bonchev–Trinajstić information content (AvgIpc) is 2.73. The first-order valence-electron chi connectivity index (χ1n) is 5.35. The predicted octanol–water partition coefficient (Wildman–Crippen LogP) is 3.68. The second-order valence-corrected chi connectivity index (χ2v) is 5.34. The largest absolute Gasteiger partial charge is 0.506 e. The van der Waals surface area contributed by atoms with Crippen LogP contribution in [0.25, 0.3) is 0 Å². The van der Waals surface area contributed by atoms with Gasteiger partial charge in [0.25, 0.3) is 0 Å². The molecule has 2 N–H and O–H groups in total. The van der Waals surface area contributed by atoms with E-state index in [-0.39, 0.29) is 5.75 Å². The molecule has 5 heteroatoms. The number of hydrogen-bond acceptors (Lipinski definition) is 4. The van der Waals surface area contributed by atoms with Crippen LogP contribution in [0.4, 0.5) is 5.69 Å². The van der Waals surface area contributed by atoms with Gasteiger partial charge in [-0.05, 0) is 24.1 Å². The third-order valence-corrected chi connectivity index (χ3v) is 3.56. The molecule has 0 saturated heterocycles. The molecule has 0 saturated carbocycles. The van der Waals surface area contributed by atoms with Gasteiger partial charge in [-0.1, -0.05) is 24.6 Å². The molecule has 2 aromatic rings. The number of rotatable bonds is 4. The van der Waals surface area contributed by atoms with Crippen molar-refractivity contribution in [2.75, 3.05) is 5.32 Å². The molecule has 0 atom stereocenters. The highest BCUT2D eigenvalue weighted by Gasteiger charge is 2.03. The van der Waals surface area contributed by atoms with Crippen molar-refractivity contribution in [3.8, 4) is 5.75 Å². The first-order valence-corrected chi connectivity index (χ1v) is 6.54. The van der Waals surface area contributed by atoms with Crippen LogP contribution >= 0.6 is 22.9 Å². The smallest absolute Gasteiger partial charge is 0.183 e. The van der Waals surface area contributed by atoms with Gasteiger partial charge in [-0.25, -0.2) is 4.98 Å². The zero-order chi connectivity index (χ0) is 12.3. The van der Waals surface area contributed by atoms with Crippen LogP contribution in [-0.2, 0) is 13.0 Å². The van der Waals surface area contributed by atoms with Gasteiger partial charge in [0.2, 0.25) is 0 Å². The maximum Gasteiger partial charge on any atom is 0.183 e. The minimum absolute atomic E-state index is 0.278. The molecule has 0 bridgehead atoms. The number of aryl methyl sites for hydroxylation is 1. The lowest BCUT2D eigenvalue weighted by molar-refractivity contribution is 0.476. The number of halogens is 1. The van der Waals surface area contributed by atoms with Gasteiger partial charge in [-0.3, -0.25) is 0 Å². The number of nitrogens with zero attached hydrogens (tertiary/aromatic N) is 1. The van der Waals surface area contributed by atoms with Crippen molar-refractivity contribution >= 4 is 28.6 Å². The second kappa shape index (κ2) is 5.38. The summed E-state index contributed by atoms with van der Waals surface area (Å²) in [5.74, 6) is 0.278. The lowest BCUT2D eigenvalue weighted by atomic mass is 10.1. The van der Waals surface area contributed by atoms with E-state index < -0.39 is 0 Å². The number of aromatic hydroxyl groups is 1. The molecule has 0 radical (unpaired) electrons. The molecule has 0 unspecified atom stereocenters. The first-order chi connectivity index (χ1) is 8.19. The molecule has 1 heterocycles. The summed E-state index contributed by atoms with van der Waals surface area (Å²) < 4.78 is 0.535. The molecule has 90 valence electrons. The van der Waals surface area contributed by atoms with E-state index in [1.165, 1.54) is 11.3 Å². The SMILES string of the molecule is CCc1ccc(NCc2cnc(Cl)s2)c(O)c1. The van der Waals surface area contributed by atoms with Gasteiger partial charge in [-0.2, -0.15) is 0 Å². The Labute approximate surface area is 109 Å². The summed E-state index contributed by atoms with van der Waals surface area (Å²) >= 11 is 7.17. The van der Waals surface area contributed by atoms with Crippen molar-refractivity contribution in [1.29, 1.82) is 0 Å². The summed E-state index contributed by atoms with van der Waals surface area (Å²) in [5.41, 5.74) is 1.85. The van der Waals surface area contributed by atoms with Crippen LogP contribution in [0.1, 0.15) is 17.4 Å². The molecule has 17 heavy (non-hydrogen) atoms. The highest BCUT2D eigenvalue weighted by atomic mass is 35.5. The quantitative estimate of drug-likeness (QED) is 0.832. The molecule has 2 rings (SSSR count). The molecule has 1 aromatic heterocycles. The summed E-state index contributed by atoms with van der Waals surface area (Å²) in [6.07, 6.45) is 2.65. The number of aromatic nitrogens is 1. The fraction of sp³-hybridized carbons (Fsp3) is 0.250. The molecule has 0 amide bonds. The van der Waals surface area contributed by atoms with Crippen molar-refractivity contribution in [3.63, 3.8) is 0 Å². The van der Waals surface area contributed by atoms with Gasteiger partial charge < -0.3 is 10.4 Å². The molecule has 0 spiro atoms. The van der Waals surface area contributed by atoms with E-state index in [0.29, 0.717) is 11.0 Å². The zero-order valence-corrected chi connectivity index (χ0v) is 11.0. The summed E-state index contributed by atoms with van der Waals surface area (Å²) in [7, 11) is 0. The molecular weight excluding hydrogens is 256 g/mol. The maximum absolute atomic E-state index is 9.80. The first kappa shape index (κ1) is 12.2. The Balaban J connectivity index is 2.04. The van der Waals surface area contributed by atoms with Crippen LogP contribution in [0, 0.1) is 0 Å². The Morgan fingerprint density at radius 2 is 2.29 bits per heavy atom. The van der Waals surface area contributed by atoms with Crippen LogP contribution in [0.2, 0.25) is 4.47 Å². The average molecular weight is 269 g/mol. The number of nitrogens with one attached hydrogen (secondary N) is 1. The lowest BCUT2D eigenvalue weighted by Gasteiger charge is -2.08. The lowest BCUT2D eigenvalue weighted by Crippen LogP contribution is -1.98. The Morgan fingerprint density at radius 3 is 2.88 bits per heavy atom. The minimum Gasteiger partial charge on any atom is -0.506 e. The number of phenols is 1. The molecule has 1 aromatic carbocycles. The maximum atomic E-state index is 9.80. The number of phenolic OH excluding ortho intramolecular Hbond substituents is 1. The van der Waals surface area contributed by atoms with Crippen LogP contribution in [-0.4, -0.2) is 10.1 Å². The van der Waals surface area contributed by atoms with Gasteiger partial charge in [0.15, 0.2) is 4.47 Å². The Kier molecular flexibility index (Phi) is 3.86. The van der Waals surface area contributed by atoms with Crippen LogP contribution in [0.15, 0.2) is 24.4 Å². The van der Waals surface area contributed by atoms with Crippen LogP contribution in [0.5, 0.6) is 5.75 Å². The van der Waals surface area contributed by atoms with E-state index in [1.54, 1.807) is 12.3 Å². The van der Waals surface area contributed by atoms with E-state index in [2.05, 4.69) is 17.2 Å². The van der Waals surface area contributed by atoms with E-state index in [1.807, 2.05) is 12.1 Å². The topological polar surface area (TPSA) is 45.2 Å².